The minimum Gasteiger partial charge on any atom is -0.402 e. The summed E-state index contributed by atoms with van der Waals surface area (Å²) in [7, 11) is -2.48. The monoisotopic (exact) mass is 369 g/mol. The summed E-state index contributed by atoms with van der Waals surface area (Å²) in [6.45, 7) is 8.26. The van der Waals surface area contributed by atoms with Crippen LogP contribution in [-0.4, -0.2) is 33.7 Å². The van der Waals surface area contributed by atoms with Gasteiger partial charge in [0.1, 0.15) is 0 Å². The average Bonchev–Trinajstić information content (AvgIpc) is 3.07. The van der Waals surface area contributed by atoms with Crippen molar-refractivity contribution >= 4 is 18.7 Å². The van der Waals surface area contributed by atoms with Crippen LogP contribution in [0.5, 0.6) is 0 Å². The van der Waals surface area contributed by atoms with E-state index in [-0.39, 0.29) is 17.2 Å². The quantitative estimate of drug-likeness (QED) is 0.796. The Labute approximate surface area is 158 Å². The lowest BCUT2D eigenvalue weighted by Gasteiger charge is -2.44. The molecule has 1 aliphatic rings. The van der Waals surface area contributed by atoms with Crippen molar-refractivity contribution in [2.24, 2.45) is 5.73 Å². The number of hydrogen-bond donors (Lipinski definition) is 1. The van der Waals surface area contributed by atoms with Gasteiger partial charge in [-0.2, -0.15) is 0 Å². The standard InChI is InChI=1S/C22H31NO2Si/c1-22(2,3)26(20-10-6-4-7-11-20,21-12-8-5-9-13-21)25-19-16-18(14-15-23)24-17-19/h4-13,18-19H,14-17,23H2,1-3H3/t18-,19-/m1/s1. The van der Waals surface area contributed by atoms with Crippen LogP contribution in [-0.2, 0) is 9.16 Å². The smallest absolute Gasteiger partial charge is 0.261 e. The Morgan fingerprint density at radius 1 is 1.00 bits per heavy atom. The molecule has 26 heavy (non-hydrogen) atoms. The lowest BCUT2D eigenvalue weighted by molar-refractivity contribution is 0.0887. The highest BCUT2D eigenvalue weighted by Crippen LogP contribution is 2.38. The molecule has 0 aliphatic carbocycles. The van der Waals surface area contributed by atoms with Gasteiger partial charge in [0, 0.05) is 6.42 Å². The summed E-state index contributed by atoms with van der Waals surface area (Å²) >= 11 is 0. The zero-order valence-electron chi connectivity index (χ0n) is 16.2. The number of benzene rings is 2. The van der Waals surface area contributed by atoms with Gasteiger partial charge in [-0.1, -0.05) is 81.4 Å². The normalized spacial score (nSPS) is 21.1. The van der Waals surface area contributed by atoms with Gasteiger partial charge >= 0.3 is 0 Å². The van der Waals surface area contributed by atoms with E-state index in [4.69, 9.17) is 14.9 Å². The van der Waals surface area contributed by atoms with Crippen molar-refractivity contribution in [1.29, 1.82) is 0 Å². The molecule has 1 heterocycles. The van der Waals surface area contributed by atoms with Crippen molar-refractivity contribution in [3.8, 4) is 0 Å². The molecule has 0 amide bonds. The van der Waals surface area contributed by atoms with Crippen LogP contribution in [0, 0.1) is 0 Å². The summed E-state index contributed by atoms with van der Waals surface area (Å²) in [4.78, 5) is 0. The molecule has 3 rings (SSSR count). The first-order chi connectivity index (χ1) is 12.5. The fourth-order valence-corrected chi connectivity index (χ4v) is 8.76. The van der Waals surface area contributed by atoms with Crippen LogP contribution in [0.2, 0.25) is 5.04 Å². The molecule has 0 bridgehead atoms. The van der Waals surface area contributed by atoms with Crippen LogP contribution in [0.25, 0.3) is 0 Å². The lowest BCUT2D eigenvalue weighted by atomic mass is 10.1. The Hall–Kier alpha value is -1.46. The molecule has 1 saturated heterocycles. The highest BCUT2D eigenvalue weighted by atomic mass is 28.4. The summed E-state index contributed by atoms with van der Waals surface area (Å²) in [6.07, 6.45) is 2.18. The number of hydrogen-bond acceptors (Lipinski definition) is 3. The van der Waals surface area contributed by atoms with E-state index >= 15 is 0 Å². The summed E-state index contributed by atoms with van der Waals surface area (Å²) in [6, 6.07) is 21.6. The van der Waals surface area contributed by atoms with Gasteiger partial charge in [0.2, 0.25) is 0 Å². The van der Waals surface area contributed by atoms with Crippen molar-refractivity contribution in [1.82, 2.24) is 0 Å². The van der Waals surface area contributed by atoms with Crippen LogP contribution >= 0.6 is 0 Å². The van der Waals surface area contributed by atoms with Gasteiger partial charge in [0.05, 0.1) is 18.8 Å². The fraction of sp³-hybridized carbons (Fsp3) is 0.455. The molecule has 2 aromatic carbocycles. The van der Waals surface area contributed by atoms with Crippen LogP contribution in [0.15, 0.2) is 60.7 Å². The maximum absolute atomic E-state index is 7.09. The lowest BCUT2D eigenvalue weighted by Crippen LogP contribution is -2.67. The number of ether oxygens (including phenoxy) is 1. The predicted molar refractivity (Wildman–Crippen MR) is 111 cm³/mol. The van der Waals surface area contributed by atoms with Crippen molar-refractivity contribution in [2.75, 3.05) is 13.2 Å². The summed E-state index contributed by atoms with van der Waals surface area (Å²) in [5.74, 6) is 0. The minimum atomic E-state index is -2.48. The first kappa shape index (κ1) is 19.3. The maximum atomic E-state index is 7.09. The molecule has 2 aromatic rings. The molecular weight excluding hydrogens is 338 g/mol. The van der Waals surface area contributed by atoms with Gasteiger partial charge in [0.25, 0.3) is 8.32 Å². The molecule has 140 valence electrons. The molecule has 1 aliphatic heterocycles. The second-order valence-corrected chi connectivity index (χ2v) is 12.4. The Morgan fingerprint density at radius 3 is 2.00 bits per heavy atom. The van der Waals surface area contributed by atoms with Gasteiger partial charge in [-0.25, -0.2) is 0 Å². The van der Waals surface area contributed by atoms with E-state index in [0.29, 0.717) is 13.2 Å². The summed E-state index contributed by atoms with van der Waals surface area (Å²) in [5, 5.41) is 2.64. The van der Waals surface area contributed by atoms with E-state index < -0.39 is 8.32 Å². The third-order valence-electron chi connectivity index (χ3n) is 5.29. The Bertz CT molecular complexity index is 645. The van der Waals surface area contributed by atoms with E-state index in [1.807, 2.05) is 0 Å². The van der Waals surface area contributed by atoms with E-state index in [2.05, 4.69) is 81.4 Å². The molecule has 0 radical (unpaired) electrons. The Balaban J connectivity index is 2.04. The van der Waals surface area contributed by atoms with Crippen molar-refractivity contribution in [3.63, 3.8) is 0 Å². The van der Waals surface area contributed by atoms with Crippen molar-refractivity contribution in [3.05, 3.63) is 60.7 Å². The van der Waals surface area contributed by atoms with Gasteiger partial charge in [-0.3, -0.25) is 0 Å². The third-order valence-corrected chi connectivity index (χ3v) is 10.4. The van der Waals surface area contributed by atoms with Crippen LogP contribution in [0.4, 0.5) is 0 Å². The molecule has 0 saturated carbocycles. The zero-order valence-corrected chi connectivity index (χ0v) is 17.2. The van der Waals surface area contributed by atoms with E-state index in [1.54, 1.807) is 0 Å². The Kier molecular flexibility index (Phi) is 5.98. The number of nitrogens with two attached hydrogens (primary N) is 1. The first-order valence-electron chi connectivity index (χ1n) is 9.58. The zero-order chi connectivity index (χ0) is 18.6. The van der Waals surface area contributed by atoms with Crippen molar-refractivity contribution < 1.29 is 9.16 Å². The molecule has 2 atom stereocenters. The van der Waals surface area contributed by atoms with Crippen LogP contribution < -0.4 is 16.1 Å². The van der Waals surface area contributed by atoms with Crippen molar-refractivity contribution in [2.45, 2.75) is 50.9 Å². The van der Waals surface area contributed by atoms with Crippen LogP contribution in [0.1, 0.15) is 33.6 Å². The third kappa shape index (κ3) is 3.79. The second kappa shape index (κ2) is 8.05. The van der Waals surface area contributed by atoms with Gasteiger partial charge in [-0.15, -0.1) is 0 Å². The fourth-order valence-electron chi connectivity index (χ4n) is 4.08. The Morgan fingerprint density at radius 2 is 1.54 bits per heavy atom. The molecule has 0 unspecified atom stereocenters. The van der Waals surface area contributed by atoms with E-state index in [1.165, 1.54) is 10.4 Å². The molecule has 3 nitrogen and oxygen atoms in total. The minimum absolute atomic E-state index is 0.00165. The summed E-state index contributed by atoms with van der Waals surface area (Å²) in [5.41, 5.74) is 5.72. The maximum Gasteiger partial charge on any atom is 0.261 e. The summed E-state index contributed by atoms with van der Waals surface area (Å²) < 4.78 is 13.0. The van der Waals surface area contributed by atoms with E-state index in [0.717, 1.165) is 12.8 Å². The molecule has 0 aromatic heterocycles. The van der Waals surface area contributed by atoms with Gasteiger partial charge in [-0.05, 0) is 28.4 Å². The van der Waals surface area contributed by atoms with Gasteiger partial charge in [0.15, 0.2) is 0 Å². The highest BCUT2D eigenvalue weighted by molar-refractivity contribution is 6.99. The molecule has 1 fully saturated rings. The predicted octanol–water partition coefficient (Wildman–Crippen LogP) is 3.07. The molecular formula is C22H31NO2Si. The SMILES string of the molecule is CC(C)(C)[Si](O[C@H]1CO[C@H](CCN)C1)(c1ccccc1)c1ccccc1. The van der Waals surface area contributed by atoms with Gasteiger partial charge < -0.3 is 14.9 Å². The second-order valence-electron chi connectivity index (χ2n) is 8.17. The molecule has 4 heteroatoms. The molecule has 0 spiro atoms. The highest BCUT2D eigenvalue weighted by Gasteiger charge is 2.52. The average molecular weight is 370 g/mol. The first-order valence-corrected chi connectivity index (χ1v) is 11.5. The largest absolute Gasteiger partial charge is 0.402 e. The number of rotatable bonds is 6. The van der Waals surface area contributed by atoms with Crippen LogP contribution in [0.3, 0.4) is 0 Å². The molecule has 2 N–H and O–H groups in total. The van der Waals surface area contributed by atoms with E-state index in [9.17, 15) is 0 Å². The topological polar surface area (TPSA) is 44.5 Å².